The molecule has 0 spiro atoms. The largest absolute Gasteiger partial charge is 0.417 e. The van der Waals surface area contributed by atoms with Gasteiger partial charge in [-0.2, -0.15) is 13.2 Å². The van der Waals surface area contributed by atoms with Gasteiger partial charge in [0.25, 0.3) is 0 Å². The maximum atomic E-state index is 13.2. The van der Waals surface area contributed by atoms with Gasteiger partial charge < -0.3 is 10.4 Å². The smallest absolute Gasteiger partial charge is 0.396 e. The topological polar surface area (TPSA) is 35.5 Å². The number of benzene rings is 1. The number of aliphatic hydroxyl groups excluding tert-OH is 1. The van der Waals surface area contributed by atoms with E-state index in [-0.39, 0.29) is 17.7 Å². The number of aliphatic hydroxyl groups is 1. The Morgan fingerprint density at radius 2 is 1.87 bits per heavy atom. The molecule has 2 N–H and O–H groups in total. The van der Waals surface area contributed by atoms with Crippen molar-refractivity contribution < 1.29 is 18.3 Å². The SMILES string of the molecule is CC(C)(CO)[C@@H](c1cccc(C(F)(F)F)c1Cl)N1CCNCC1. The van der Waals surface area contributed by atoms with E-state index in [1.165, 1.54) is 6.07 Å². The summed E-state index contributed by atoms with van der Waals surface area (Å²) in [6.45, 7) is 6.45. The van der Waals surface area contributed by atoms with Crippen LogP contribution in [0.3, 0.4) is 0 Å². The van der Waals surface area contributed by atoms with Crippen molar-refractivity contribution in [2.24, 2.45) is 5.41 Å². The maximum Gasteiger partial charge on any atom is 0.417 e. The molecular weight excluding hydrogens is 329 g/mol. The number of hydrogen-bond donors (Lipinski definition) is 2. The van der Waals surface area contributed by atoms with Crippen LogP contribution in [0.4, 0.5) is 13.2 Å². The van der Waals surface area contributed by atoms with Gasteiger partial charge in [-0.15, -0.1) is 0 Å². The highest BCUT2D eigenvalue weighted by Crippen LogP contribution is 2.44. The van der Waals surface area contributed by atoms with Crippen LogP contribution < -0.4 is 5.32 Å². The highest BCUT2D eigenvalue weighted by Gasteiger charge is 2.40. The van der Waals surface area contributed by atoms with Gasteiger partial charge in [-0.1, -0.05) is 37.6 Å². The lowest BCUT2D eigenvalue weighted by atomic mass is 9.79. The molecule has 1 atom stereocenters. The third-order valence-electron chi connectivity index (χ3n) is 4.29. The summed E-state index contributed by atoms with van der Waals surface area (Å²) < 4.78 is 39.5. The fraction of sp³-hybridized carbons (Fsp3) is 0.625. The predicted molar refractivity (Wildman–Crippen MR) is 84.5 cm³/mol. The van der Waals surface area contributed by atoms with E-state index in [4.69, 9.17) is 11.6 Å². The molecule has 7 heteroatoms. The quantitative estimate of drug-likeness (QED) is 0.874. The molecule has 3 nitrogen and oxygen atoms in total. The van der Waals surface area contributed by atoms with E-state index in [1.807, 2.05) is 13.8 Å². The van der Waals surface area contributed by atoms with Crippen molar-refractivity contribution in [3.05, 3.63) is 34.3 Å². The van der Waals surface area contributed by atoms with Gasteiger partial charge in [0.1, 0.15) is 0 Å². The van der Waals surface area contributed by atoms with Gasteiger partial charge in [0, 0.05) is 44.2 Å². The molecule has 1 fully saturated rings. The van der Waals surface area contributed by atoms with E-state index in [9.17, 15) is 18.3 Å². The first-order chi connectivity index (χ1) is 10.7. The Morgan fingerprint density at radius 3 is 2.39 bits per heavy atom. The summed E-state index contributed by atoms with van der Waals surface area (Å²) in [5.74, 6) is 0. The second kappa shape index (κ2) is 6.97. The monoisotopic (exact) mass is 350 g/mol. The summed E-state index contributed by atoms with van der Waals surface area (Å²) in [6, 6.07) is 3.62. The van der Waals surface area contributed by atoms with E-state index < -0.39 is 17.2 Å². The minimum absolute atomic E-state index is 0.145. The molecule has 0 aliphatic carbocycles. The lowest BCUT2D eigenvalue weighted by Crippen LogP contribution is -2.49. The van der Waals surface area contributed by atoms with Crippen LogP contribution in [-0.4, -0.2) is 42.8 Å². The first kappa shape index (κ1) is 18.5. The van der Waals surface area contributed by atoms with Crippen molar-refractivity contribution >= 4 is 11.6 Å². The maximum absolute atomic E-state index is 13.2. The zero-order valence-corrected chi connectivity index (χ0v) is 14.0. The molecule has 1 heterocycles. The van der Waals surface area contributed by atoms with Crippen molar-refractivity contribution in [3.8, 4) is 0 Å². The molecule has 130 valence electrons. The fourth-order valence-corrected chi connectivity index (χ4v) is 3.46. The van der Waals surface area contributed by atoms with Gasteiger partial charge in [-0.25, -0.2) is 0 Å². The first-order valence-electron chi connectivity index (χ1n) is 7.59. The van der Waals surface area contributed by atoms with Gasteiger partial charge in [0.15, 0.2) is 0 Å². The van der Waals surface area contributed by atoms with E-state index >= 15 is 0 Å². The molecule has 0 bridgehead atoms. The summed E-state index contributed by atoms with van der Waals surface area (Å²) in [5.41, 5.74) is -1.03. The number of nitrogens with one attached hydrogen (secondary N) is 1. The molecule has 0 radical (unpaired) electrons. The Morgan fingerprint density at radius 1 is 1.26 bits per heavy atom. The Bertz CT molecular complexity index is 543. The molecular formula is C16H22ClF3N2O. The van der Waals surface area contributed by atoms with Gasteiger partial charge in [-0.3, -0.25) is 4.90 Å². The van der Waals surface area contributed by atoms with E-state index in [1.54, 1.807) is 6.07 Å². The van der Waals surface area contributed by atoms with Crippen LogP contribution in [0.2, 0.25) is 5.02 Å². The van der Waals surface area contributed by atoms with Crippen LogP contribution in [-0.2, 0) is 6.18 Å². The van der Waals surface area contributed by atoms with Gasteiger partial charge in [0.2, 0.25) is 0 Å². The van der Waals surface area contributed by atoms with Crippen LogP contribution in [0.15, 0.2) is 18.2 Å². The molecule has 0 saturated carbocycles. The third kappa shape index (κ3) is 3.99. The zero-order chi connectivity index (χ0) is 17.3. The molecule has 1 saturated heterocycles. The third-order valence-corrected chi connectivity index (χ3v) is 4.71. The van der Waals surface area contributed by atoms with Crippen molar-refractivity contribution in [3.63, 3.8) is 0 Å². The minimum atomic E-state index is -4.50. The van der Waals surface area contributed by atoms with Crippen LogP contribution in [0, 0.1) is 5.41 Å². The van der Waals surface area contributed by atoms with Crippen LogP contribution in [0.1, 0.15) is 31.0 Å². The molecule has 1 aliphatic heterocycles. The van der Waals surface area contributed by atoms with E-state index in [0.717, 1.165) is 19.2 Å². The average molecular weight is 351 g/mol. The highest BCUT2D eigenvalue weighted by molar-refractivity contribution is 6.32. The molecule has 23 heavy (non-hydrogen) atoms. The highest BCUT2D eigenvalue weighted by atomic mass is 35.5. The number of rotatable bonds is 4. The lowest BCUT2D eigenvalue weighted by molar-refractivity contribution is -0.137. The van der Waals surface area contributed by atoms with Crippen molar-refractivity contribution in [2.75, 3.05) is 32.8 Å². The van der Waals surface area contributed by atoms with Crippen LogP contribution in [0.5, 0.6) is 0 Å². The van der Waals surface area contributed by atoms with Gasteiger partial charge in [0.05, 0.1) is 10.6 Å². The summed E-state index contributed by atoms with van der Waals surface area (Å²) in [6.07, 6.45) is -4.50. The summed E-state index contributed by atoms with van der Waals surface area (Å²) in [4.78, 5) is 2.09. The molecule has 0 amide bonds. The predicted octanol–water partition coefficient (Wildman–Crippen LogP) is 3.32. The Kier molecular flexibility index (Phi) is 5.61. The number of halogens is 4. The second-order valence-corrected chi connectivity index (χ2v) is 6.92. The first-order valence-corrected chi connectivity index (χ1v) is 7.97. The van der Waals surface area contributed by atoms with Crippen LogP contribution >= 0.6 is 11.6 Å². The number of alkyl halides is 3. The second-order valence-electron chi connectivity index (χ2n) is 6.54. The van der Waals surface area contributed by atoms with Crippen LogP contribution in [0.25, 0.3) is 0 Å². The average Bonchev–Trinajstić information content (AvgIpc) is 2.49. The van der Waals surface area contributed by atoms with Crippen molar-refractivity contribution in [2.45, 2.75) is 26.1 Å². The number of nitrogens with zero attached hydrogens (tertiary/aromatic N) is 1. The number of piperazine rings is 1. The lowest BCUT2D eigenvalue weighted by Gasteiger charge is -2.44. The van der Waals surface area contributed by atoms with Gasteiger partial charge >= 0.3 is 6.18 Å². The molecule has 2 rings (SSSR count). The van der Waals surface area contributed by atoms with Gasteiger partial charge in [-0.05, 0) is 11.6 Å². The standard InChI is InChI=1S/C16H22ClF3N2O/c1-15(2,10-23)14(22-8-6-21-7-9-22)11-4-3-5-12(13(11)17)16(18,19)20/h3-5,14,21,23H,6-10H2,1-2H3/t14-/m1/s1. The van der Waals surface area contributed by atoms with Crippen molar-refractivity contribution in [1.29, 1.82) is 0 Å². The Hall–Kier alpha value is -0.820. The fourth-order valence-electron chi connectivity index (χ4n) is 3.12. The molecule has 1 aromatic carbocycles. The minimum Gasteiger partial charge on any atom is -0.396 e. The summed E-state index contributed by atoms with van der Waals surface area (Å²) in [7, 11) is 0. The molecule has 0 aromatic heterocycles. The van der Waals surface area contributed by atoms with Crippen molar-refractivity contribution in [1.82, 2.24) is 10.2 Å². The van der Waals surface area contributed by atoms with E-state index in [2.05, 4.69) is 10.2 Å². The summed E-state index contributed by atoms with van der Waals surface area (Å²) >= 11 is 6.13. The molecule has 1 aliphatic rings. The normalized spacial score (nSPS) is 18.9. The number of hydrogen-bond acceptors (Lipinski definition) is 3. The summed E-state index contributed by atoms with van der Waals surface area (Å²) in [5, 5.41) is 12.7. The molecule has 0 unspecified atom stereocenters. The Balaban J connectivity index is 2.51. The van der Waals surface area contributed by atoms with E-state index in [0.29, 0.717) is 18.7 Å². The molecule has 1 aromatic rings. The zero-order valence-electron chi connectivity index (χ0n) is 13.3. The Labute approximate surface area is 139 Å².